The van der Waals surface area contributed by atoms with E-state index in [0.717, 1.165) is 12.3 Å². The topological polar surface area (TPSA) is 134 Å². The third kappa shape index (κ3) is 3.71. The molecule has 0 aromatic carbocycles. The van der Waals surface area contributed by atoms with Crippen LogP contribution in [0.4, 0.5) is 0 Å². The summed E-state index contributed by atoms with van der Waals surface area (Å²) in [6.45, 7) is 1.18. The smallest absolute Gasteiger partial charge is 0.327 e. The number of aldehydes is 1. The number of carboxylic acid groups (broad SMARTS) is 1. The average Bonchev–Trinajstić information content (AvgIpc) is 2.86. The molecule has 0 saturated heterocycles. The van der Waals surface area contributed by atoms with Gasteiger partial charge in [0.15, 0.2) is 11.1 Å². The van der Waals surface area contributed by atoms with Crippen molar-refractivity contribution in [1.82, 2.24) is 20.3 Å². The normalized spacial score (nSPS) is 17.3. The van der Waals surface area contributed by atoms with E-state index in [0.29, 0.717) is 6.29 Å². The highest BCUT2D eigenvalue weighted by Gasteiger charge is 2.45. The molecular formula is C10H14N4O5S. The van der Waals surface area contributed by atoms with Gasteiger partial charge < -0.3 is 15.0 Å². The molecule has 10 heteroatoms. The Morgan fingerprint density at radius 3 is 2.80 bits per heavy atom. The van der Waals surface area contributed by atoms with E-state index in [1.54, 1.807) is 0 Å². The Morgan fingerprint density at radius 1 is 1.65 bits per heavy atom. The monoisotopic (exact) mass is 302 g/mol. The first-order chi connectivity index (χ1) is 9.41. The number of nitrogens with zero attached hydrogens (tertiary/aromatic N) is 3. The molecule has 0 saturated carbocycles. The number of carbonyl (C=O) groups excluding carboxylic acids is 1. The van der Waals surface area contributed by atoms with Crippen LogP contribution in [0.3, 0.4) is 0 Å². The SMILES string of the molecule is C[C@](Cn1ccnn1)([C@@H](N/C=C/C=O)C(=O)O)S(=O)O. The van der Waals surface area contributed by atoms with Crippen LogP contribution in [0.15, 0.2) is 24.7 Å². The third-order valence-corrected chi connectivity index (χ3v) is 3.80. The highest BCUT2D eigenvalue weighted by Crippen LogP contribution is 2.21. The summed E-state index contributed by atoms with van der Waals surface area (Å²) < 4.78 is 20.7. The maximum absolute atomic E-state index is 11.6. The largest absolute Gasteiger partial charge is 0.480 e. The second kappa shape index (κ2) is 6.91. The summed E-state index contributed by atoms with van der Waals surface area (Å²) in [7, 11) is 0. The number of hydrogen-bond donors (Lipinski definition) is 3. The van der Waals surface area contributed by atoms with Gasteiger partial charge in [0.2, 0.25) is 0 Å². The minimum absolute atomic E-state index is 0.144. The van der Waals surface area contributed by atoms with Crippen molar-refractivity contribution in [3.05, 3.63) is 24.7 Å². The van der Waals surface area contributed by atoms with E-state index in [1.165, 1.54) is 24.0 Å². The Hall–Kier alpha value is -2.07. The first-order valence-corrected chi connectivity index (χ1v) is 6.56. The molecule has 0 fully saturated rings. The van der Waals surface area contributed by atoms with E-state index >= 15 is 0 Å². The minimum Gasteiger partial charge on any atom is -0.480 e. The third-order valence-electron chi connectivity index (χ3n) is 2.64. The molecule has 0 aliphatic rings. The molecule has 9 nitrogen and oxygen atoms in total. The highest BCUT2D eigenvalue weighted by atomic mass is 32.2. The molecule has 1 rings (SSSR count). The van der Waals surface area contributed by atoms with Crippen molar-refractivity contribution in [3.8, 4) is 0 Å². The average molecular weight is 302 g/mol. The molecule has 110 valence electrons. The van der Waals surface area contributed by atoms with Gasteiger partial charge in [-0.25, -0.2) is 9.00 Å². The molecule has 3 N–H and O–H groups in total. The van der Waals surface area contributed by atoms with E-state index in [2.05, 4.69) is 15.6 Å². The van der Waals surface area contributed by atoms with Crippen molar-refractivity contribution >= 4 is 23.3 Å². The highest BCUT2D eigenvalue weighted by molar-refractivity contribution is 7.80. The van der Waals surface area contributed by atoms with Crippen molar-refractivity contribution in [2.24, 2.45) is 0 Å². The zero-order chi connectivity index (χ0) is 15.2. The first-order valence-electron chi connectivity index (χ1n) is 5.46. The predicted octanol–water partition coefficient (Wildman–Crippen LogP) is -0.986. The summed E-state index contributed by atoms with van der Waals surface area (Å²) in [4.78, 5) is 21.5. The zero-order valence-electron chi connectivity index (χ0n) is 10.5. The van der Waals surface area contributed by atoms with E-state index in [-0.39, 0.29) is 6.54 Å². The lowest BCUT2D eigenvalue weighted by molar-refractivity contribution is -0.140. The van der Waals surface area contributed by atoms with Gasteiger partial charge in [0.25, 0.3) is 0 Å². The fourth-order valence-electron chi connectivity index (χ4n) is 1.59. The second-order valence-electron chi connectivity index (χ2n) is 4.10. The Bertz CT molecular complexity index is 518. The molecule has 1 aromatic heterocycles. The van der Waals surface area contributed by atoms with Gasteiger partial charge in [-0.3, -0.25) is 9.48 Å². The van der Waals surface area contributed by atoms with Crippen molar-refractivity contribution in [1.29, 1.82) is 0 Å². The number of aliphatic carboxylic acids is 1. The van der Waals surface area contributed by atoms with Gasteiger partial charge in [0.05, 0.1) is 12.7 Å². The lowest BCUT2D eigenvalue weighted by Gasteiger charge is -2.31. The van der Waals surface area contributed by atoms with Crippen LogP contribution < -0.4 is 5.32 Å². The molecule has 1 unspecified atom stereocenters. The number of nitrogens with one attached hydrogen (secondary N) is 1. The van der Waals surface area contributed by atoms with Gasteiger partial charge in [0, 0.05) is 12.4 Å². The van der Waals surface area contributed by atoms with Gasteiger partial charge in [-0.15, -0.1) is 5.10 Å². The fraction of sp³-hybridized carbons (Fsp3) is 0.400. The van der Waals surface area contributed by atoms with E-state index in [1.807, 2.05) is 0 Å². The fourth-order valence-corrected chi connectivity index (χ4v) is 2.20. The van der Waals surface area contributed by atoms with Crippen LogP contribution in [0.2, 0.25) is 0 Å². The van der Waals surface area contributed by atoms with Gasteiger partial charge in [0.1, 0.15) is 17.1 Å². The molecule has 0 aliphatic carbocycles. The summed E-state index contributed by atoms with van der Waals surface area (Å²) in [5.74, 6) is -1.33. The number of hydrogen-bond acceptors (Lipinski definition) is 6. The van der Waals surface area contributed by atoms with Crippen molar-refractivity contribution in [3.63, 3.8) is 0 Å². The first kappa shape index (κ1) is 16.0. The van der Waals surface area contributed by atoms with E-state index in [9.17, 15) is 23.5 Å². The summed E-state index contributed by atoms with van der Waals surface area (Å²) in [5.41, 5.74) is 0. The Kier molecular flexibility index (Phi) is 5.53. The number of allylic oxidation sites excluding steroid dienone is 1. The number of carbonyl (C=O) groups is 2. The summed E-state index contributed by atoms with van der Waals surface area (Å²) in [5, 5.41) is 18.8. The van der Waals surface area contributed by atoms with Crippen molar-refractivity contribution in [2.45, 2.75) is 24.3 Å². The van der Waals surface area contributed by atoms with Crippen molar-refractivity contribution < 1.29 is 23.5 Å². The van der Waals surface area contributed by atoms with Crippen LogP contribution in [-0.4, -0.2) is 51.9 Å². The summed E-state index contributed by atoms with van der Waals surface area (Å²) >= 11 is -2.46. The zero-order valence-corrected chi connectivity index (χ0v) is 11.4. The van der Waals surface area contributed by atoms with Crippen LogP contribution in [0.5, 0.6) is 0 Å². The number of aromatic nitrogens is 3. The molecule has 3 atom stereocenters. The molecule has 1 aromatic rings. The summed E-state index contributed by atoms with van der Waals surface area (Å²) in [6.07, 6.45) is 5.43. The maximum Gasteiger partial charge on any atom is 0.327 e. The van der Waals surface area contributed by atoms with Crippen LogP contribution in [0, 0.1) is 0 Å². The Morgan fingerprint density at radius 2 is 2.35 bits per heavy atom. The van der Waals surface area contributed by atoms with Crippen LogP contribution in [0.1, 0.15) is 6.92 Å². The Labute approximate surface area is 117 Å². The van der Waals surface area contributed by atoms with E-state index < -0.39 is 27.8 Å². The quantitative estimate of drug-likeness (QED) is 0.317. The van der Waals surface area contributed by atoms with Crippen LogP contribution in [-0.2, 0) is 27.2 Å². The molecule has 0 amide bonds. The standard InChI is InChI=1S/C10H14N4O5S/c1-10(20(18)19,7-14-5-4-12-13-14)8(9(16)17)11-3-2-6-15/h2-6,8,11H,7H2,1H3,(H,16,17)(H,18,19)/b3-2+/t8-,10-/m0/s1. The van der Waals surface area contributed by atoms with Crippen LogP contribution in [0.25, 0.3) is 0 Å². The number of rotatable bonds is 8. The second-order valence-corrected chi connectivity index (χ2v) is 5.53. The molecule has 0 spiro atoms. The minimum atomic E-state index is -2.46. The van der Waals surface area contributed by atoms with Gasteiger partial charge in [-0.05, 0) is 13.0 Å². The molecule has 1 heterocycles. The van der Waals surface area contributed by atoms with Crippen molar-refractivity contribution in [2.75, 3.05) is 0 Å². The van der Waals surface area contributed by atoms with Crippen LogP contribution >= 0.6 is 0 Å². The molecule has 0 aliphatic heterocycles. The molecule has 20 heavy (non-hydrogen) atoms. The lowest BCUT2D eigenvalue weighted by Crippen LogP contribution is -2.56. The van der Waals surface area contributed by atoms with Gasteiger partial charge in [-0.1, -0.05) is 5.21 Å². The van der Waals surface area contributed by atoms with Gasteiger partial charge in [-0.2, -0.15) is 0 Å². The molecular weight excluding hydrogens is 288 g/mol. The van der Waals surface area contributed by atoms with Gasteiger partial charge >= 0.3 is 5.97 Å². The molecule has 0 bridgehead atoms. The lowest BCUT2D eigenvalue weighted by atomic mass is 10.0. The Balaban J connectivity index is 3.05. The summed E-state index contributed by atoms with van der Waals surface area (Å²) in [6, 6.07) is -1.39. The number of carboxylic acids is 1. The maximum atomic E-state index is 11.6. The van der Waals surface area contributed by atoms with E-state index in [4.69, 9.17) is 0 Å². The molecule has 0 radical (unpaired) electrons. The predicted molar refractivity (Wildman–Crippen MR) is 69.0 cm³/mol.